The summed E-state index contributed by atoms with van der Waals surface area (Å²) in [5, 5.41) is 14.1. The van der Waals surface area contributed by atoms with E-state index in [-0.39, 0.29) is 5.91 Å². The van der Waals surface area contributed by atoms with Crippen molar-refractivity contribution in [2.75, 3.05) is 18.4 Å². The van der Waals surface area contributed by atoms with Crippen molar-refractivity contribution in [1.29, 1.82) is 0 Å². The van der Waals surface area contributed by atoms with E-state index in [1.807, 2.05) is 25.1 Å². The van der Waals surface area contributed by atoms with Crippen LogP contribution in [0.15, 0.2) is 24.4 Å². The van der Waals surface area contributed by atoms with Gasteiger partial charge in [-0.3, -0.25) is 4.79 Å². The number of hydrogen-bond donors (Lipinski definition) is 2. The van der Waals surface area contributed by atoms with E-state index in [1.165, 1.54) is 0 Å². The SMILES string of the molecule is CCc1cccc(C)c1NC(=O)c1cn(C2CNC2)nn1. The Hall–Kier alpha value is -2.21. The molecule has 0 unspecified atom stereocenters. The molecule has 1 aromatic heterocycles. The topological polar surface area (TPSA) is 71.8 Å². The van der Waals surface area contributed by atoms with Crippen molar-refractivity contribution in [3.05, 3.63) is 41.2 Å². The van der Waals surface area contributed by atoms with Crippen molar-refractivity contribution < 1.29 is 4.79 Å². The van der Waals surface area contributed by atoms with Gasteiger partial charge in [0.15, 0.2) is 5.69 Å². The lowest BCUT2D eigenvalue weighted by molar-refractivity contribution is 0.102. The first-order valence-corrected chi connectivity index (χ1v) is 7.21. The number of anilines is 1. The number of nitrogens with one attached hydrogen (secondary N) is 2. The first kappa shape index (κ1) is 13.8. The lowest BCUT2D eigenvalue weighted by Gasteiger charge is -2.26. The zero-order valence-corrected chi connectivity index (χ0v) is 12.3. The Balaban J connectivity index is 1.78. The minimum absolute atomic E-state index is 0.211. The van der Waals surface area contributed by atoms with Crippen molar-refractivity contribution in [2.24, 2.45) is 0 Å². The van der Waals surface area contributed by atoms with E-state index in [9.17, 15) is 4.79 Å². The number of amides is 1. The minimum atomic E-state index is -0.211. The summed E-state index contributed by atoms with van der Waals surface area (Å²) in [6.07, 6.45) is 2.59. The number of para-hydroxylation sites is 1. The molecule has 1 aromatic carbocycles. The van der Waals surface area contributed by atoms with E-state index in [0.29, 0.717) is 11.7 Å². The molecule has 1 aliphatic rings. The van der Waals surface area contributed by atoms with E-state index in [4.69, 9.17) is 0 Å². The molecule has 1 fully saturated rings. The molecule has 6 nitrogen and oxygen atoms in total. The third kappa shape index (κ3) is 2.67. The van der Waals surface area contributed by atoms with Gasteiger partial charge in [0.2, 0.25) is 0 Å². The Kier molecular flexibility index (Phi) is 3.70. The molecule has 2 heterocycles. The van der Waals surface area contributed by atoms with Gasteiger partial charge in [0.1, 0.15) is 0 Å². The average molecular weight is 285 g/mol. The second kappa shape index (κ2) is 5.65. The van der Waals surface area contributed by atoms with E-state index in [1.54, 1.807) is 10.9 Å². The minimum Gasteiger partial charge on any atom is -0.320 e. The van der Waals surface area contributed by atoms with E-state index < -0.39 is 0 Å². The van der Waals surface area contributed by atoms with Crippen LogP contribution in [0.25, 0.3) is 0 Å². The fourth-order valence-corrected chi connectivity index (χ4v) is 2.40. The Bertz CT molecular complexity index is 660. The van der Waals surface area contributed by atoms with Gasteiger partial charge in [-0.1, -0.05) is 30.3 Å². The summed E-state index contributed by atoms with van der Waals surface area (Å²) < 4.78 is 1.75. The molecule has 0 spiro atoms. The average Bonchev–Trinajstić information content (AvgIpc) is 2.88. The van der Waals surface area contributed by atoms with Gasteiger partial charge in [-0.05, 0) is 24.5 Å². The molecule has 21 heavy (non-hydrogen) atoms. The highest BCUT2D eigenvalue weighted by atomic mass is 16.2. The Labute approximate surface area is 123 Å². The summed E-state index contributed by atoms with van der Waals surface area (Å²) in [6.45, 7) is 5.82. The van der Waals surface area contributed by atoms with Crippen LogP contribution in [0.4, 0.5) is 5.69 Å². The molecule has 0 radical (unpaired) electrons. The van der Waals surface area contributed by atoms with Crippen LogP contribution in [0.5, 0.6) is 0 Å². The maximum Gasteiger partial charge on any atom is 0.277 e. The normalized spacial score (nSPS) is 14.8. The Morgan fingerprint density at radius 2 is 2.29 bits per heavy atom. The summed E-state index contributed by atoms with van der Waals surface area (Å²) in [5.74, 6) is -0.211. The van der Waals surface area contributed by atoms with Gasteiger partial charge in [0.05, 0.1) is 12.2 Å². The van der Waals surface area contributed by atoms with Crippen LogP contribution in [0.3, 0.4) is 0 Å². The number of carbonyl (C=O) groups is 1. The Morgan fingerprint density at radius 1 is 1.48 bits per heavy atom. The summed E-state index contributed by atoms with van der Waals surface area (Å²) in [7, 11) is 0. The fourth-order valence-electron chi connectivity index (χ4n) is 2.40. The van der Waals surface area contributed by atoms with Crippen molar-refractivity contribution >= 4 is 11.6 Å². The van der Waals surface area contributed by atoms with Gasteiger partial charge < -0.3 is 10.6 Å². The van der Waals surface area contributed by atoms with Crippen LogP contribution in [0.1, 0.15) is 34.6 Å². The first-order chi connectivity index (χ1) is 10.2. The summed E-state index contributed by atoms with van der Waals surface area (Å²) in [5.41, 5.74) is 3.41. The fraction of sp³-hybridized carbons (Fsp3) is 0.400. The summed E-state index contributed by atoms with van der Waals surface area (Å²) in [4.78, 5) is 12.3. The third-order valence-corrected chi connectivity index (χ3v) is 3.86. The lowest BCUT2D eigenvalue weighted by Crippen LogP contribution is -2.43. The third-order valence-electron chi connectivity index (χ3n) is 3.86. The predicted molar refractivity (Wildman–Crippen MR) is 80.4 cm³/mol. The highest BCUT2D eigenvalue weighted by Gasteiger charge is 2.22. The van der Waals surface area contributed by atoms with Crippen LogP contribution in [-0.2, 0) is 6.42 Å². The zero-order valence-electron chi connectivity index (χ0n) is 12.3. The van der Waals surface area contributed by atoms with Gasteiger partial charge in [-0.25, -0.2) is 4.68 Å². The molecule has 0 atom stereocenters. The maximum absolute atomic E-state index is 12.3. The first-order valence-electron chi connectivity index (χ1n) is 7.21. The van der Waals surface area contributed by atoms with E-state index in [0.717, 1.165) is 36.3 Å². The number of aryl methyl sites for hydroxylation is 2. The molecule has 1 amide bonds. The Morgan fingerprint density at radius 3 is 2.95 bits per heavy atom. The highest BCUT2D eigenvalue weighted by molar-refractivity contribution is 6.03. The van der Waals surface area contributed by atoms with Gasteiger partial charge in [-0.2, -0.15) is 0 Å². The molecular weight excluding hydrogens is 266 g/mol. The highest BCUT2D eigenvalue weighted by Crippen LogP contribution is 2.21. The molecular formula is C15H19N5O. The van der Waals surface area contributed by atoms with Crippen molar-refractivity contribution in [2.45, 2.75) is 26.3 Å². The molecule has 6 heteroatoms. The van der Waals surface area contributed by atoms with Gasteiger partial charge in [0, 0.05) is 18.8 Å². The summed E-state index contributed by atoms with van der Waals surface area (Å²) in [6, 6.07) is 6.33. The number of rotatable bonds is 4. The molecule has 2 N–H and O–H groups in total. The molecule has 0 saturated carbocycles. The largest absolute Gasteiger partial charge is 0.320 e. The lowest BCUT2D eigenvalue weighted by atomic mass is 10.1. The molecule has 0 bridgehead atoms. The molecule has 0 aliphatic carbocycles. The standard InChI is InChI=1S/C15H19N5O/c1-3-11-6-4-5-10(2)14(11)17-15(21)13-9-20(19-18-13)12-7-16-8-12/h4-6,9,12,16H,3,7-8H2,1-2H3,(H,17,21). The number of nitrogens with zero attached hydrogens (tertiary/aromatic N) is 3. The maximum atomic E-state index is 12.3. The number of benzene rings is 1. The number of hydrogen-bond acceptors (Lipinski definition) is 4. The van der Waals surface area contributed by atoms with Crippen LogP contribution in [-0.4, -0.2) is 34.0 Å². The van der Waals surface area contributed by atoms with Gasteiger partial charge >= 0.3 is 0 Å². The van der Waals surface area contributed by atoms with Gasteiger partial charge in [0.25, 0.3) is 5.91 Å². The smallest absolute Gasteiger partial charge is 0.277 e. The van der Waals surface area contributed by atoms with Crippen LogP contribution >= 0.6 is 0 Å². The summed E-state index contributed by atoms with van der Waals surface area (Å²) >= 11 is 0. The second-order valence-electron chi connectivity index (χ2n) is 5.31. The van der Waals surface area contributed by atoms with Crippen molar-refractivity contribution in [3.8, 4) is 0 Å². The van der Waals surface area contributed by atoms with Crippen LogP contribution in [0, 0.1) is 6.92 Å². The molecule has 2 aromatic rings. The second-order valence-corrected chi connectivity index (χ2v) is 5.31. The van der Waals surface area contributed by atoms with Crippen LogP contribution < -0.4 is 10.6 Å². The zero-order chi connectivity index (χ0) is 14.8. The van der Waals surface area contributed by atoms with Gasteiger partial charge in [-0.15, -0.1) is 5.10 Å². The molecule has 3 rings (SSSR count). The quantitative estimate of drug-likeness (QED) is 0.894. The van der Waals surface area contributed by atoms with E-state index >= 15 is 0 Å². The van der Waals surface area contributed by atoms with Crippen LogP contribution in [0.2, 0.25) is 0 Å². The molecule has 110 valence electrons. The molecule has 1 aliphatic heterocycles. The number of carbonyl (C=O) groups excluding carboxylic acids is 1. The van der Waals surface area contributed by atoms with Crippen molar-refractivity contribution in [1.82, 2.24) is 20.3 Å². The van der Waals surface area contributed by atoms with Crippen molar-refractivity contribution in [3.63, 3.8) is 0 Å². The monoisotopic (exact) mass is 285 g/mol. The molecule has 1 saturated heterocycles. The van der Waals surface area contributed by atoms with E-state index in [2.05, 4.69) is 27.9 Å². The predicted octanol–water partition coefficient (Wildman–Crippen LogP) is 1.55. The number of aromatic nitrogens is 3.